The van der Waals surface area contributed by atoms with E-state index in [-0.39, 0.29) is 24.2 Å². The van der Waals surface area contributed by atoms with Crippen molar-refractivity contribution in [3.63, 3.8) is 0 Å². The molecular formula is C12H24N2O2. The molecule has 0 aromatic rings. The van der Waals surface area contributed by atoms with E-state index in [4.69, 9.17) is 10.5 Å². The minimum Gasteiger partial charge on any atom is -0.364 e. The average molecular weight is 228 g/mol. The van der Waals surface area contributed by atoms with Crippen molar-refractivity contribution in [2.45, 2.75) is 57.3 Å². The number of hydrogen-bond donors (Lipinski definition) is 1. The van der Waals surface area contributed by atoms with Crippen molar-refractivity contribution in [3.05, 3.63) is 0 Å². The van der Waals surface area contributed by atoms with Gasteiger partial charge in [0.2, 0.25) is 0 Å². The number of hydrogen-bond acceptors (Lipinski definition) is 3. The Labute approximate surface area is 98.1 Å². The zero-order valence-electron chi connectivity index (χ0n) is 10.6. The number of carbonyl (C=O) groups excluding carboxylic acids is 1. The highest BCUT2D eigenvalue weighted by Crippen LogP contribution is 2.20. The molecule has 0 radical (unpaired) electrons. The van der Waals surface area contributed by atoms with Crippen LogP contribution in [0.3, 0.4) is 0 Å². The van der Waals surface area contributed by atoms with Crippen molar-refractivity contribution in [2.24, 2.45) is 5.73 Å². The molecule has 0 aliphatic heterocycles. The predicted octanol–water partition coefficient (Wildman–Crippen LogP) is 1.14. The highest BCUT2D eigenvalue weighted by Gasteiger charge is 2.26. The van der Waals surface area contributed by atoms with Crippen LogP contribution in [0.4, 0.5) is 0 Å². The Bertz CT molecular complexity index is 231. The molecule has 0 saturated heterocycles. The highest BCUT2D eigenvalue weighted by atomic mass is 16.5. The first kappa shape index (κ1) is 13.5. The van der Waals surface area contributed by atoms with Gasteiger partial charge in [-0.15, -0.1) is 0 Å². The van der Waals surface area contributed by atoms with Crippen LogP contribution in [0.1, 0.15) is 39.0 Å². The summed E-state index contributed by atoms with van der Waals surface area (Å²) < 4.78 is 5.79. The third-order valence-corrected chi connectivity index (χ3v) is 3.17. The van der Waals surface area contributed by atoms with Crippen LogP contribution in [0.25, 0.3) is 0 Å². The maximum Gasteiger partial charge on any atom is 0.250 e. The molecule has 0 aromatic heterocycles. The molecule has 94 valence electrons. The fourth-order valence-corrected chi connectivity index (χ4v) is 2.16. The van der Waals surface area contributed by atoms with Crippen molar-refractivity contribution in [3.8, 4) is 0 Å². The lowest BCUT2D eigenvalue weighted by Crippen LogP contribution is -2.42. The summed E-state index contributed by atoms with van der Waals surface area (Å²) in [6.07, 6.45) is 5.20. The van der Waals surface area contributed by atoms with Gasteiger partial charge in [-0.1, -0.05) is 19.3 Å². The monoisotopic (exact) mass is 228 g/mol. The van der Waals surface area contributed by atoms with E-state index in [1.54, 1.807) is 25.9 Å². The normalized spacial score (nSPS) is 28.2. The third kappa shape index (κ3) is 3.76. The zero-order valence-corrected chi connectivity index (χ0v) is 10.6. The van der Waals surface area contributed by atoms with Gasteiger partial charge in [-0.25, -0.2) is 0 Å². The molecule has 3 unspecified atom stereocenters. The van der Waals surface area contributed by atoms with Crippen LogP contribution < -0.4 is 5.73 Å². The summed E-state index contributed by atoms with van der Waals surface area (Å²) in [7, 11) is 3.49. The van der Waals surface area contributed by atoms with E-state index in [0.717, 1.165) is 19.3 Å². The minimum atomic E-state index is -0.385. The maximum absolute atomic E-state index is 11.7. The van der Waals surface area contributed by atoms with Gasteiger partial charge in [0, 0.05) is 20.1 Å². The van der Waals surface area contributed by atoms with Crippen LogP contribution in [0.5, 0.6) is 0 Å². The van der Waals surface area contributed by atoms with Gasteiger partial charge in [0.15, 0.2) is 0 Å². The van der Waals surface area contributed by atoms with Gasteiger partial charge in [0.25, 0.3) is 5.91 Å². The van der Waals surface area contributed by atoms with Crippen molar-refractivity contribution in [2.75, 3.05) is 14.1 Å². The van der Waals surface area contributed by atoms with Gasteiger partial charge in [-0.2, -0.15) is 0 Å². The van der Waals surface area contributed by atoms with Crippen LogP contribution >= 0.6 is 0 Å². The molecule has 0 bridgehead atoms. The van der Waals surface area contributed by atoms with E-state index in [1.807, 2.05) is 0 Å². The molecule has 4 nitrogen and oxygen atoms in total. The number of carbonyl (C=O) groups is 1. The van der Waals surface area contributed by atoms with E-state index in [2.05, 4.69) is 0 Å². The van der Waals surface area contributed by atoms with E-state index < -0.39 is 0 Å². The first-order valence-electron chi connectivity index (χ1n) is 6.14. The molecule has 4 heteroatoms. The number of nitrogens with two attached hydrogens (primary N) is 1. The Balaban J connectivity index is 2.47. The molecule has 1 saturated carbocycles. The van der Waals surface area contributed by atoms with Crippen LogP contribution in [0.2, 0.25) is 0 Å². The number of ether oxygens (including phenoxy) is 1. The Morgan fingerprint density at radius 3 is 2.56 bits per heavy atom. The summed E-state index contributed by atoms with van der Waals surface area (Å²) in [5, 5.41) is 0. The van der Waals surface area contributed by atoms with Crippen LogP contribution in [-0.2, 0) is 9.53 Å². The van der Waals surface area contributed by atoms with Crippen molar-refractivity contribution in [1.82, 2.24) is 4.90 Å². The fourth-order valence-electron chi connectivity index (χ4n) is 2.16. The fraction of sp³-hybridized carbons (Fsp3) is 0.917. The van der Waals surface area contributed by atoms with E-state index >= 15 is 0 Å². The van der Waals surface area contributed by atoms with Gasteiger partial charge in [-0.05, 0) is 19.8 Å². The number of amides is 1. The van der Waals surface area contributed by atoms with Crippen molar-refractivity contribution in [1.29, 1.82) is 0 Å². The van der Waals surface area contributed by atoms with Gasteiger partial charge >= 0.3 is 0 Å². The maximum atomic E-state index is 11.7. The molecule has 1 rings (SSSR count). The molecular weight excluding hydrogens is 204 g/mol. The minimum absolute atomic E-state index is 0.0106. The number of rotatable bonds is 3. The SMILES string of the molecule is CC(OC1CCCCCC1N)C(=O)N(C)C. The van der Waals surface area contributed by atoms with Gasteiger partial charge in [-0.3, -0.25) is 4.79 Å². The largest absolute Gasteiger partial charge is 0.364 e. The predicted molar refractivity (Wildman–Crippen MR) is 64.1 cm³/mol. The Morgan fingerprint density at radius 2 is 1.94 bits per heavy atom. The molecule has 1 fully saturated rings. The molecule has 3 atom stereocenters. The zero-order chi connectivity index (χ0) is 12.1. The van der Waals surface area contributed by atoms with Gasteiger partial charge in [0.1, 0.15) is 6.10 Å². The van der Waals surface area contributed by atoms with E-state index in [1.165, 1.54) is 12.8 Å². The second-order valence-corrected chi connectivity index (χ2v) is 4.85. The van der Waals surface area contributed by atoms with Gasteiger partial charge in [0.05, 0.1) is 6.10 Å². The Kier molecular flexibility index (Phi) is 5.22. The first-order valence-corrected chi connectivity index (χ1v) is 6.14. The van der Waals surface area contributed by atoms with E-state index in [0.29, 0.717) is 0 Å². The molecule has 0 aromatic carbocycles. The smallest absolute Gasteiger partial charge is 0.250 e. The third-order valence-electron chi connectivity index (χ3n) is 3.17. The molecule has 1 aliphatic rings. The lowest BCUT2D eigenvalue weighted by atomic mass is 10.1. The summed E-state index contributed by atoms with van der Waals surface area (Å²) in [5.74, 6) is 0.0106. The van der Waals surface area contributed by atoms with Crippen LogP contribution in [0, 0.1) is 0 Å². The summed E-state index contributed by atoms with van der Waals surface area (Å²) in [5.41, 5.74) is 6.05. The van der Waals surface area contributed by atoms with Gasteiger partial charge < -0.3 is 15.4 Å². The topological polar surface area (TPSA) is 55.6 Å². The number of nitrogens with zero attached hydrogens (tertiary/aromatic N) is 1. The second kappa shape index (κ2) is 6.21. The Morgan fingerprint density at radius 1 is 1.31 bits per heavy atom. The average Bonchev–Trinajstić information content (AvgIpc) is 2.43. The second-order valence-electron chi connectivity index (χ2n) is 4.85. The molecule has 0 spiro atoms. The lowest BCUT2D eigenvalue weighted by molar-refractivity contribution is -0.144. The summed E-state index contributed by atoms with van der Waals surface area (Å²) in [4.78, 5) is 13.2. The van der Waals surface area contributed by atoms with Crippen LogP contribution in [0.15, 0.2) is 0 Å². The van der Waals surface area contributed by atoms with E-state index in [9.17, 15) is 4.79 Å². The molecule has 16 heavy (non-hydrogen) atoms. The van der Waals surface area contributed by atoms with Crippen LogP contribution in [-0.4, -0.2) is 43.2 Å². The molecule has 2 N–H and O–H groups in total. The van der Waals surface area contributed by atoms with Crippen molar-refractivity contribution >= 4 is 5.91 Å². The summed E-state index contributed by atoms with van der Waals surface area (Å²) in [6, 6.07) is 0.0833. The number of likely N-dealkylation sites (N-methyl/N-ethyl adjacent to an activating group) is 1. The first-order chi connectivity index (χ1) is 7.52. The molecule has 0 heterocycles. The molecule has 1 aliphatic carbocycles. The highest BCUT2D eigenvalue weighted by molar-refractivity contribution is 5.79. The standard InChI is InChI=1S/C12H24N2O2/c1-9(12(15)14(2)3)16-11-8-6-4-5-7-10(11)13/h9-11H,4-8,13H2,1-3H3. The molecule has 1 amide bonds. The lowest BCUT2D eigenvalue weighted by Gasteiger charge is -2.26. The van der Waals surface area contributed by atoms with Crippen molar-refractivity contribution < 1.29 is 9.53 Å². The Hall–Kier alpha value is -0.610. The quantitative estimate of drug-likeness (QED) is 0.737. The summed E-state index contributed by atoms with van der Waals surface area (Å²) in [6.45, 7) is 1.81. The summed E-state index contributed by atoms with van der Waals surface area (Å²) >= 11 is 0.